The zero-order valence-corrected chi connectivity index (χ0v) is 13.2. The molecule has 108 valence electrons. The Morgan fingerprint density at radius 2 is 1.90 bits per heavy atom. The summed E-state index contributed by atoms with van der Waals surface area (Å²) in [6.07, 6.45) is 0. The van der Waals surface area contributed by atoms with Crippen LogP contribution in [0.1, 0.15) is 25.3 Å². The summed E-state index contributed by atoms with van der Waals surface area (Å²) in [5, 5.41) is 8.58. The first-order valence-electron chi connectivity index (χ1n) is 6.72. The Kier molecular flexibility index (Phi) is 3.33. The molecule has 0 saturated carbocycles. The SMILES string of the molecule is CC(C)c1ccc(N2C(=N)S[C@@H]3CS(=O)(=O)C[C@@H]32)cc1. The highest BCUT2D eigenvalue weighted by Crippen LogP contribution is 2.40. The van der Waals surface area contributed by atoms with Crippen molar-refractivity contribution in [2.45, 2.75) is 31.1 Å². The van der Waals surface area contributed by atoms with Gasteiger partial charge < -0.3 is 4.90 Å². The van der Waals surface area contributed by atoms with Crippen LogP contribution in [0, 0.1) is 5.41 Å². The van der Waals surface area contributed by atoms with Gasteiger partial charge in [-0.15, -0.1) is 0 Å². The lowest BCUT2D eigenvalue weighted by Gasteiger charge is -2.24. The highest BCUT2D eigenvalue weighted by molar-refractivity contribution is 8.15. The van der Waals surface area contributed by atoms with Gasteiger partial charge in [0, 0.05) is 10.9 Å². The standard InChI is InChI=1S/C14H18N2O2S2/c1-9(2)10-3-5-11(6-4-10)16-12-7-20(17,18)8-13(12)19-14(16)15/h3-6,9,12-13,15H,7-8H2,1-2H3/t12-,13+/m0/s1. The number of fused-ring (bicyclic) bond motifs is 1. The molecular weight excluding hydrogens is 292 g/mol. The van der Waals surface area contributed by atoms with Crippen molar-refractivity contribution in [1.29, 1.82) is 5.41 Å². The zero-order chi connectivity index (χ0) is 14.5. The zero-order valence-electron chi connectivity index (χ0n) is 11.5. The Bertz CT molecular complexity index is 638. The molecule has 3 rings (SSSR count). The van der Waals surface area contributed by atoms with Crippen LogP contribution in [0.2, 0.25) is 0 Å². The molecular formula is C14H18N2O2S2. The minimum atomic E-state index is -2.95. The Balaban J connectivity index is 1.91. The normalized spacial score (nSPS) is 28.1. The van der Waals surface area contributed by atoms with Crippen molar-refractivity contribution in [3.05, 3.63) is 29.8 Å². The first-order chi connectivity index (χ1) is 9.37. The number of nitrogens with one attached hydrogen (secondary N) is 1. The fourth-order valence-corrected chi connectivity index (χ4v) is 6.62. The van der Waals surface area contributed by atoms with E-state index in [0.717, 1.165) is 5.69 Å². The third-order valence-corrected chi connectivity index (χ3v) is 7.05. The molecule has 0 amide bonds. The Hall–Kier alpha value is -1.01. The van der Waals surface area contributed by atoms with E-state index in [1.54, 1.807) is 0 Å². The van der Waals surface area contributed by atoms with Gasteiger partial charge in [-0.1, -0.05) is 37.7 Å². The van der Waals surface area contributed by atoms with E-state index < -0.39 is 9.84 Å². The Morgan fingerprint density at radius 1 is 1.25 bits per heavy atom. The number of hydrogen-bond donors (Lipinski definition) is 1. The van der Waals surface area contributed by atoms with E-state index in [1.807, 2.05) is 17.0 Å². The number of hydrogen-bond acceptors (Lipinski definition) is 4. The van der Waals surface area contributed by atoms with E-state index in [1.165, 1.54) is 17.3 Å². The maximum absolute atomic E-state index is 11.8. The molecule has 2 aliphatic rings. The van der Waals surface area contributed by atoms with Crippen molar-refractivity contribution in [3.63, 3.8) is 0 Å². The van der Waals surface area contributed by atoms with Gasteiger partial charge in [0.25, 0.3) is 0 Å². The fraction of sp³-hybridized carbons (Fsp3) is 0.500. The highest BCUT2D eigenvalue weighted by Gasteiger charge is 2.48. The predicted molar refractivity (Wildman–Crippen MR) is 84.6 cm³/mol. The lowest BCUT2D eigenvalue weighted by atomic mass is 10.0. The van der Waals surface area contributed by atoms with Crippen LogP contribution in [0.15, 0.2) is 24.3 Å². The fourth-order valence-electron chi connectivity index (χ4n) is 2.83. The Morgan fingerprint density at radius 3 is 2.50 bits per heavy atom. The summed E-state index contributed by atoms with van der Waals surface area (Å²) in [6, 6.07) is 8.04. The van der Waals surface area contributed by atoms with Crippen LogP contribution in [-0.2, 0) is 9.84 Å². The first kappa shape index (κ1) is 13.9. The molecule has 0 bridgehead atoms. The molecule has 2 fully saturated rings. The summed E-state index contributed by atoms with van der Waals surface area (Å²) in [7, 11) is -2.95. The molecule has 1 aromatic rings. The quantitative estimate of drug-likeness (QED) is 0.911. The van der Waals surface area contributed by atoms with Gasteiger partial charge in [0.15, 0.2) is 15.0 Å². The van der Waals surface area contributed by atoms with Crippen molar-refractivity contribution in [1.82, 2.24) is 0 Å². The van der Waals surface area contributed by atoms with Crippen molar-refractivity contribution >= 4 is 32.5 Å². The molecule has 6 heteroatoms. The minimum absolute atomic E-state index is 0.0114. The number of nitrogens with zero attached hydrogens (tertiary/aromatic N) is 1. The lowest BCUT2D eigenvalue weighted by molar-refractivity contribution is 0.601. The van der Waals surface area contributed by atoms with Gasteiger partial charge >= 0.3 is 0 Å². The maximum atomic E-state index is 11.8. The van der Waals surface area contributed by atoms with Gasteiger partial charge in [-0.2, -0.15) is 0 Å². The van der Waals surface area contributed by atoms with Crippen molar-refractivity contribution < 1.29 is 8.42 Å². The summed E-state index contributed by atoms with van der Waals surface area (Å²) in [5.74, 6) is 0.834. The maximum Gasteiger partial charge on any atom is 0.161 e. The van der Waals surface area contributed by atoms with E-state index in [9.17, 15) is 8.42 Å². The second-order valence-electron chi connectivity index (χ2n) is 5.72. The molecule has 0 spiro atoms. The summed E-state index contributed by atoms with van der Waals surface area (Å²) >= 11 is 1.38. The van der Waals surface area contributed by atoms with Crippen molar-refractivity contribution in [2.24, 2.45) is 0 Å². The summed E-state index contributed by atoms with van der Waals surface area (Å²) in [4.78, 5) is 1.88. The number of sulfone groups is 1. The van der Waals surface area contributed by atoms with Gasteiger partial charge in [-0.3, -0.25) is 5.41 Å². The number of amidine groups is 1. The van der Waals surface area contributed by atoms with Gasteiger partial charge in [-0.05, 0) is 23.6 Å². The molecule has 0 radical (unpaired) electrons. The Labute approximate surface area is 124 Å². The number of rotatable bonds is 2. The average molecular weight is 310 g/mol. The van der Waals surface area contributed by atoms with Crippen LogP contribution in [0.25, 0.3) is 0 Å². The summed E-state index contributed by atoms with van der Waals surface area (Å²) < 4.78 is 23.5. The predicted octanol–water partition coefficient (Wildman–Crippen LogP) is 2.46. The van der Waals surface area contributed by atoms with Gasteiger partial charge in [0.05, 0.1) is 17.5 Å². The van der Waals surface area contributed by atoms with Crippen molar-refractivity contribution in [3.8, 4) is 0 Å². The molecule has 20 heavy (non-hydrogen) atoms. The van der Waals surface area contributed by atoms with E-state index in [0.29, 0.717) is 11.1 Å². The third kappa shape index (κ3) is 2.35. The van der Waals surface area contributed by atoms with Crippen LogP contribution in [0.4, 0.5) is 5.69 Å². The second kappa shape index (κ2) is 4.77. The molecule has 2 heterocycles. The third-order valence-electron chi connectivity index (χ3n) is 3.92. The smallest absolute Gasteiger partial charge is 0.161 e. The highest BCUT2D eigenvalue weighted by atomic mass is 32.2. The molecule has 2 atom stereocenters. The van der Waals surface area contributed by atoms with E-state index in [-0.39, 0.29) is 22.8 Å². The molecule has 4 nitrogen and oxygen atoms in total. The van der Waals surface area contributed by atoms with E-state index in [4.69, 9.17) is 5.41 Å². The molecule has 1 aromatic carbocycles. The number of anilines is 1. The molecule has 0 unspecified atom stereocenters. The minimum Gasteiger partial charge on any atom is -0.316 e. The summed E-state index contributed by atoms with van der Waals surface area (Å²) in [5.41, 5.74) is 2.18. The molecule has 2 saturated heterocycles. The van der Waals surface area contributed by atoms with Gasteiger partial charge in [-0.25, -0.2) is 8.42 Å². The van der Waals surface area contributed by atoms with Gasteiger partial charge in [0.2, 0.25) is 0 Å². The van der Waals surface area contributed by atoms with Gasteiger partial charge in [0.1, 0.15) is 0 Å². The largest absolute Gasteiger partial charge is 0.316 e. The summed E-state index contributed by atoms with van der Waals surface area (Å²) in [6.45, 7) is 4.28. The molecule has 0 aliphatic carbocycles. The van der Waals surface area contributed by atoms with Crippen LogP contribution in [-0.4, -0.2) is 36.4 Å². The molecule has 0 aromatic heterocycles. The van der Waals surface area contributed by atoms with Crippen LogP contribution in [0.3, 0.4) is 0 Å². The van der Waals surface area contributed by atoms with Crippen LogP contribution in [0.5, 0.6) is 0 Å². The average Bonchev–Trinajstić information content (AvgIpc) is 2.79. The molecule has 2 aliphatic heterocycles. The topological polar surface area (TPSA) is 61.2 Å². The van der Waals surface area contributed by atoms with Crippen molar-refractivity contribution in [2.75, 3.05) is 16.4 Å². The number of benzene rings is 1. The lowest BCUT2D eigenvalue weighted by Crippen LogP contribution is -2.37. The van der Waals surface area contributed by atoms with E-state index >= 15 is 0 Å². The van der Waals surface area contributed by atoms with E-state index in [2.05, 4.69) is 26.0 Å². The first-order valence-corrected chi connectivity index (χ1v) is 9.42. The van der Waals surface area contributed by atoms with Crippen LogP contribution < -0.4 is 4.90 Å². The van der Waals surface area contributed by atoms with Crippen LogP contribution >= 0.6 is 11.8 Å². The number of thioether (sulfide) groups is 1. The molecule has 1 N–H and O–H groups in total. The second-order valence-corrected chi connectivity index (χ2v) is 9.10. The monoisotopic (exact) mass is 310 g/mol.